The molecule has 0 saturated heterocycles. The standard InChI is InChI=1S/C19H17ClN4O/c20-16-5-3-14(4-6-16)10-19(25)24-17-7-8-18(23-13-17)22-12-15-2-1-9-21-11-15/h1-9,11,13H,10,12H2,(H,22,23)(H,24,25). The highest BCUT2D eigenvalue weighted by atomic mass is 35.5. The zero-order valence-electron chi connectivity index (χ0n) is 13.4. The molecule has 0 spiro atoms. The van der Waals surface area contributed by atoms with Crippen LogP contribution in [0.4, 0.5) is 11.5 Å². The van der Waals surface area contributed by atoms with Crippen molar-refractivity contribution in [2.45, 2.75) is 13.0 Å². The molecule has 3 rings (SSSR count). The molecular weight excluding hydrogens is 336 g/mol. The number of aromatic nitrogens is 2. The number of carbonyl (C=O) groups is 1. The largest absolute Gasteiger partial charge is 0.366 e. The van der Waals surface area contributed by atoms with E-state index in [4.69, 9.17) is 11.6 Å². The average molecular weight is 353 g/mol. The molecule has 3 aromatic rings. The van der Waals surface area contributed by atoms with Gasteiger partial charge in [0.25, 0.3) is 0 Å². The van der Waals surface area contributed by atoms with Crippen LogP contribution in [-0.4, -0.2) is 15.9 Å². The molecule has 0 aliphatic heterocycles. The summed E-state index contributed by atoms with van der Waals surface area (Å²) in [5, 5.41) is 6.70. The van der Waals surface area contributed by atoms with Gasteiger partial charge in [-0.25, -0.2) is 4.98 Å². The van der Waals surface area contributed by atoms with Gasteiger partial charge in [0.05, 0.1) is 18.3 Å². The normalized spacial score (nSPS) is 10.3. The molecular formula is C19H17ClN4O. The number of anilines is 2. The van der Waals surface area contributed by atoms with Crippen molar-refractivity contribution in [1.82, 2.24) is 9.97 Å². The van der Waals surface area contributed by atoms with E-state index in [0.29, 0.717) is 17.3 Å². The summed E-state index contributed by atoms with van der Waals surface area (Å²) in [5.74, 6) is 0.639. The Hall–Kier alpha value is -2.92. The Balaban J connectivity index is 1.51. The lowest BCUT2D eigenvalue weighted by molar-refractivity contribution is -0.115. The van der Waals surface area contributed by atoms with Crippen LogP contribution in [0.2, 0.25) is 5.02 Å². The van der Waals surface area contributed by atoms with E-state index >= 15 is 0 Å². The molecule has 1 aromatic carbocycles. The number of rotatable bonds is 6. The van der Waals surface area contributed by atoms with Crippen molar-refractivity contribution in [1.29, 1.82) is 0 Å². The molecule has 1 amide bonds. The van der Waals surface area contributed by atoms with Crippen molar-refractivity contribution in [2.75, 3.05) is 10.6 Å². The molecule has 5 nitrogen and oxygen atoms in total. The Morgan fingerprint density at radius 2 is 1.84 bits per heavy atom. The first kappa shape index (κ1) is 16.9. The number of hydrogen-bond donors (Lipinski definition) is 2. The zero-order valence-corrected chi connectivity index (χ0v) is 14.2. The van der Waals surface area contributed by atoms with Crippen molar-refractivity contribution < 1.29 is 4.79 Å². The van der Waals surface area contributed by atoms with Crippen LogP contribution in [-0.2, 0) is 17.8 Å². The number of carbonyl (C=O) groups excluding carboxylic acids is 1. The third-order valence-corrected chi connectivity index (χ3v) is 3.77. The van der Waals surface area contributed by atoms with Gasteiger partial charge in [-0.05, 0) is 41.5 Å². The van der Waals surface area contributed by atoms with Gasteiger partial charge < -0.3 is 10.6 Å². The highest BCUT2D eigenvalue weighted by Gasteiger charge is 2.05. The van der Waals surface area contributed by atoms with Gasteiger partial charge in [-0.3, -0.25) is 9.78 Å². The molecule has 126 valence electrons. The maximum absolute atomic E-state index is 12.1. The third kappa shape index (κ3) is 5.29. The maximum Gasteiger partial charge on any atom is 0.228 e. The minimum atomic E-state index is -0.0970. The Morgan fingerprint density at radius 3 is 2.52 bits per heavy atom. The van der Waals surface area contributed by atoms with Crippen LogP contribution in [0.3, 0.4) is 0 Å². The second-order valence-corrected chi connectivity index (χ2v) is 5.93. The predicted molar refractivity (Wildman–Crippen MR) is 99.6 cm³/mol. The summed E-state index contributed by atoms with van der Waals surface area (Å²) in [5.41, 5.74) is 2.64. The molecule has 0 bridgehead atoms. The van der Waals surface area contributed by atoms with Gasteiger partial charge in [0.2, 0.25) is 5.91 Å². The number of nitrogens with one attached hydrogen (secondary N) is 2. The van der Waals surface area contributed by atoms with Gasteiger partial charge in [-0.2, -0.15) is 0 Å². The van der Waals surface area contributed by atoms with Crippen LogP contribution in [0.5, 0.6) is 0 Å². The fourth-order valence-electron chi connectivity index (χ4n) is 2.26. The third-order valence-electron chi connectivity index (χ3n) is 3.52. The molecule has 0 aliphatic rings. The van der Waals surface area contributed by atoms with Gasteiger partial charge in [0, 0.05) is 24.0 Å². The molecule has 0 saturated carbocycles. The first-order valence-corrected chi connectivity index (χ1v) is 8.20. The predicted octanol–water partition coefficient (Wildman–Crippen LogP) is 3.92. The van der Waals surface area contributed by atoms with E-state index in [9.17, 15) is 4.79 Å². The molecule has 0 unspecified atom stereocenters. The first-order valence-electron chi connectivity index (χ1n) is 7.82. The van der Waals surface area contributed by atoms with Crippen LogP contribution in [0, 0.1) is 0 Å². The van der Waals surface area contributed by atoms with Gasteiger partial charge in [0.15, 0.2) is 0 Å². The number of pyridine rings is 2. The van der Waals surface area contributed by atoms with Crippen molar-refractivity contribution in [3.63, 3.8) is 0 Å². The molecule has 2 aromatic heterocycles. The van der Waals surface area contributed by atoms with Crippen molar-refractivity contribution >= 4 is 29.0 Å². The van der Waals surface area contributed by atoms with E-state index in [1.807, 2.05) is 36.4 Å². The summed E-state index contributed by atoms with van der Waals surface area (Å²) in [7, 11) is 0. The quantitative estimate of drug-likeness (QED) is 0.705. The molecule has 25 heavy (non-hydrogen) atoms. The Kier molecular flexibility index (Phi) is 5.59. The van der Waals surface area contributed by atoms with Crippen LogP contribution in [0.25, 0.3) is 0 Å². The second-order valence-electron chi connectivity index (χ2n) is 5.50. The molecule has 0 aliphatic carbocycles. The van der Waals surface area contributed by atoms with E-state index < -0.39 is 0 Å². The minimum Gasteiger partial charge on any atom is -0.366 e. The van der Waals surface area contributed by atoms with Crippen LogP contribution < -0.4 is 10.6 Å². The lowest BCUT2D eigenvalue weighted by Crippen LogP contribution is -2.14. The van der Waals surface area contributed by atoms with E-state index in [1.165, 1.54) is 0 Å². The summed E-state index contributed by atoms with van der Waals surface area (Å²) in [6, 6.07) is 14.8. The smallest absolute Gasteiger partial charge is 0.228 e. The fraction of sp³-hybridized carbons (Fsp3) is 0.105. The van der Waals surface area contributed by atoms with E-state index in [0.717, 1.165) is 16.9 Å². The van der Waals surface area contributed by atoms with Crippen molar-refractivity contribution in [3.8, 4) is 0 Å². The monoisotopic (exact) mass is 352 g/mol. The Labute approximate surface area is 151 Å². The summed E-state index contributed by atoms with van der Waals surface area (Å²) in [4.78, 5) is 20.4. The number of halogens is 1. The van der Waals surface area contributed by atoms with Gasteiger partial charge >= 0.3 is 0 Å². The second kappa shape index (κ2) is 8.26. The molecule has 2 N–H and O–H groups in total. The highest BCUT2D eigenvalue weighted by Crippen LogP contribution is 2.13. The number of hydrogen-bond acceptors (Lipinski definition) is 4. The fourth-order valence-corrected chi connectivity index (χ4v) is 2.39. The van der Waals surface area contributed by atoms with Crippen LogP contribution >= 0.6 is 11.6 Å². The molecule has 2 heterocycles. The highest BCUT2D eigenvalue weighted by molar-refractivity contribution is 6.30. The molecule has 0 radical (unpaired) electrons. The number of benzene rings is 1. The van der Waals surface area contributed by atoms with Gasteiger partial charge in [-0.15, -0.1) is 0 Å². The number of amides is 1. The average Bonchev–Trinajstić information content (AvgIpc) is 2.64. The van der Waals surface area contributed by atoms with Crippen LogP contribution in [0.15, 0.2) is 67.1 Å². The van der Waals surface area contributed by atoms with Gasteiger partial charge in [-0.1, -0.05) is 29.8 Å². The first-order chi connectivity index (χ1) is 12.2. The van der Waals surface area contributed by atoms with E-state index in [1.54, 1.807) is 30.7 Å². The lowest BCUT2D eigenvalue weighted by atomic mass is 10.1. The summed E-state index contributed by atoms with van der Waals surface area (Å²) >= 11 is 5.84. The minimum absolute atomic E-state index is 0.0970. The zero-order chi connectivity index (χ0) is 17.5. The summed E-state index contributed by atoms with van der Waals surface area (Å²) < 4.78 is 0. The van der Waals surface area contributed by atoms with Gasteiger partial charge in [0.1, 0.15) is 5.82 Å². The number of nitrogens with zero attached hydrogens (tertiary/aromatic N) is 2. The Bertz CT molecular complexity index is 820. The molecule has 0 fully saturated rings. The van der Waals surface area contributed by atoms with Crippen molar-refractivity contribution in [2.24, 2.45) is 0 Å². The molecule has 0 atom stereocenters. The molecule has 6 heteroatoms. The summed E-state index contributed by atoms with van der Waals surface area (Å²) in [6.45, 7) is 0.642. The summed E-state index contributed by atoms with van der Waals surface area (Å²) in [6.07, 6.45) is 5.46. The van der Waals surface area contributed by atoms with E-state index in [2.05, 4.69) is 20.6 Å². The lowest BCUT2D eigenvalue weighted by Gasteiger charge is -2.08. The maximum atomic E-state index is 12.1. The van der Waals surface area contributed by atoms with Crippen LogP contribution in [0.1, 0.15) is 11.1 Å². The topological polar surface area (TPSA) is 66.9 Å². The Morgan fingerprint density at radius 1 is 1.00 bits per heavy atom. The van der Waals surface area contributed by atoms with Crippen molar-refractivity contribution in [3.05, 3.63) is 83.3 Å². The SMILES string of the molecule is O=C(Cc1ccc(Cl)cc1)Nc1ccc(NCc2cccnc2)nc1. The van der Waals surface area contributed by atoms with E-state index in [-0.39, 0.29) is 12.3 Å².